The Labute approximate surface area is 230 Å². The molecule has 0 spiro atoms. The van der Waals surface area contributed by atoms with Crippen molar-refractivity contribution in [3.05, 3.63) is 54.6 Å². The lowest BCUT2D eigenvalue weighted by Crippen LogP contribution is -2.66. The van der Waals surface area contributed by atoms with Crippen LogP contribution in [0.3, 0.4) is 0 Å². The maximum absolute atomic E-state index is 14.7. The standard InChI is InChI=1S/C32H38N4O3/c37-29-28(34-31(39)33-24-9-3-1-4-10-24)30(38)36(32-18-21-15-22(19-32)17-23(16-21)20-32)27-14-8-7-13-26(27)35(29)25-11-5-2-6-12-25/h1,3-4,7-10,13-14,21-23,25,28H,2,5-6,11-12,15-20H2,(H2,33,34,39). The summed E-state index contributed by atoms with van der Waals surface area (Å²) in [7, 11) is 0. The molecule has 7 nitrogen and oxygen atoms in total. The molecular formula is C32H38N4O3. The molecule has 0 saturated heterocycles. The first kappa shape index (κ1) is 24.7. The molecule has 1 atom stereocenters. The van der Waals surface area contributed by atoms with Gasteiger partial charge in [0.1, 0.15) is 0 Å². The van der Waals surface area contributed by atoms with Crippen LogP contribution in [-0.2, 0) is 9.59 Å². The molecule has 5 aliphatic carbocycles. The lowest BCUT2D eigenvalue weighted by atomic mass is 9.52. The highest BCUT2D eigenvalue weighted by molar-refractivity contribution is 6.22. The molecule has 2 aromatic rings. The van der Waals surface area contributed by atoms with Gasteiger partial charge in [0.15, 0.2) is 6.04 Å². The van der Waals surface area contributed by atoms with E-state index >= 15 is 0 Å². The second-order valence-corrected chi connectivity index (χ2v) is 12.7. The Morgan fingerprint density at radius 2 is 1.33 bits per heavy atom. The van der Waals surface area contributed by atoms with Crippen LogP contribution >= 0.6 is 0 Å². The minimum absolute atomic E-state index is 0.0259. The summed E-state index contributed by atoms with van der Waals surface area (Å²) in [5.74, 6) is 1.32. The zero-order chi connectivity index (χ0) is 26.6. The lowest BCUT2D eigenvalue weighted by Gasteiger charge is -2.60. The van der Waals surface area contributed by atoms with E-state index < -0.39 is 12.1 Å². The molecule has 6 aliphatic rings. The molecule has 4 amide bonds. The van der Waals surface area contributed by atoms with Gasteiger partial charge in [-0.1, -0.05) is 49.6 Å². The Balaban J connectivity index is 1.31. The second-order valence-electron chi connectivity index (χ2n) is 12.7. The average molecular weight is 527 g/mol. The van der Waals surface area contributed by atoms with Gasteiger partial charge in [-0.2, -0.15) is 0 Å². The minimum atomic E-state index is -1.27. The highest BCUT2D eigenvalue weighted by atomic mass is 16.2. The third-order valence-corrected chi connectivity index (χ3v) is 10.1. The predicted molar refractivity (Wildman–Crippen MR) is 152 cm³/mol. The number of urea groups is 1. The van der Waals surface area contributed by atoms with Crippen LogP contribution in [0.15, 0.2) is 54.6 Å². The van der Waals surface area contributed by atoms with Gasteiger partial charge in [0.2, 0.25) is 0 Å². The van der Waals surface area contributed by atoms with Gasteiger partial charge in [0.05, 0.1) is 11.4 Å². The van der Waals surface area contributed by atoms with Crippen molar-refractivity contribution < 1.29 is 14.4 Å². The van der Waals surface area contributed by atoms with Crippen LogP contribution in [0.2, 0.25) is 0 Å². The van der Waals surface area contributed by atoms with Crippen molar-refractivity contribution in [1.82, 2.24) is 5.32 Å². The van der Waals surface area contributed by atoms with Gasteiger partial charge < -0.3 is 20.4 Å². The molecular weight excluding hydrogens is 488 g/mol. The van der Waals surface area contributed by atoms with E-state index in [-0.39, 0.29) is 23.4 Å². The second kappa shape index (κ2) is 9.68. The number of fused-ring (bicyclic) bond motifs is 1. The van der Waals surface area contributed by atoms with Crippen LogP contribution in [0.25, 0.3) is 0 Å². The zero-order valence-corrected chi connectivity index (χ0v) is 22.5. The molecule has 0 aromatic heterocycles. The monoisotopic (exact) mass is 526 g/mol. The van der Waals surface area contributed by atoms with Crippen molar-refractivity contribution in [2.45, 2.75) is 88.3 Å². The number of carbonyl (C=O) groups excluding carboxylic acids is 3. The topological polar surface area (TPSA) is 81.8 Å². The average Bonchev–Trinajstić information content (AvgIpc) is 3.01. The first-order chi connectivity index (χ1) is 19.0. The highest BCUT2D eigenvalue weighted by Crippen LogP contribution is 2.59. The van der Waals surface area contributed by atoms with E-state index in [4.69, 9.17) is 0 Å². The number of carbonyl (C=O) groups is 3. The summed E-state index contributed by atoms with van der Waals surface area (Å²) >= 11 is 0. The summed E-state index contributed by atoms with van der Waals surface area (Å²) in [6, 6.07) is 15.4. The van der Waals surface area contributed by atoms with Gasteiger partial charge in [-0.05, 0) is 93.4 Å². The molecule has 204 valence electrons. The fourth-order valence-corrected chi connectivity index (χ4v) is 8.96. The molecule has 39 heavy (non-hydrogen) atoms. The largest absolute Gasteiger partial charge is 0.320 e. The Kier molecular flexibility index (Phi) is 6.13. The predicted octanol–water partition coefficient (Wildman–Crippen LogP) is 5.86. The number of amides is 4. The highest BCUT2D eigenvalue weighted by Gasteiger charge is 2.58. The summed E-state index contributed by atoms with van der Waals surface area (Å²) in [5.41, 5.74) is 2.00. The number of nitrogens with zero attached hydrogens (tertiary/aromatic N) is 2. The van der Waals surface area contributed by atoms with E-state index in [9.17, 15) is 14.4 Å². The summed E-state index contributed by atoms with van der Waals surface area (Å²) in [5, 5.41) is 5.67. The van der Waals surface area contributed by atoms with E-state index in [2.05, 4.69) is 10.6 Å². The van der Waals surface area contributed by atoms with Crippen molar-refractivity contribution >= 4 is 34.9 Å². The van der Waals surface area contributed by atoms with Gasteiger partial charge in [-0.3, -0.25) is 9.59 Å². The number of hydrogen-bond acceptors (Lipinski definition) is 3. The van der Waals surface area contributed by atoms with Gasteiger partial charge in [-0.15, -0.1) is 0 Å². The van der Waals surface area contributed by atoms with Crippen molar-refractivity contribution in [2.75, 3.05) is 15.1 Å². The third-order valence-electron chi connectivity index (χ3n) is 10.1. The van der Waals surface area contributed by atoms with Gasteiger partial charge in [0.25, 0.3) is 11.8 Å². The maximum Gasteiger partial charge on any atom is 0.320 e. The molecule has 1 heterocycles. The van der Waals surface area contributed by atoms with Gasteiger partial charge >= 0.3 is 6.03 Å². The van der Waals surface area contributed by atoms with Gasteiger partial charge in [0, 0.05) is 17.3 Å². The molecule has 1 aliphatic heterocycles. The SMILES string of the molecule is O=C(Nc1ccccc1)NC1C(=O)N(C2CCCCC2)c2ccccc2N(C23CC4CC(CC(C4)C2)C3)C1=O. The number of anilines is 3. The molecule has 2 aromatic carbocycles. The Morgan fingerprint density at radius 1 is 0.744 bits per heavy atom. The molecule has 5 saturated carbocycles. The molecule has 4 bridgehead atoms. The number of benzene rings is 2. The molecule has 8 rings (SSSR count). The zero-order valence-electron chi connectivity index (χ0n) is 22.5. The fraction of sp³-hybridized carbons (Fsp3) is 0.531. The fourth-order valence-electron chi connectivity index (χ4n) is 8.96. The van der Waals surface area contributed by atoms with E-state index in [0.717, 1.165) is 56.3 Å². The van der Waals surface area contributed by atoms with Crippen LogP contribution in [0.4, 0.5) is 21.9 Å². The first-order valence-electron chi connectivity index (χ1n) is 14.9. The number of para-hydroxylation sites is 3. The summed E-state index contributed by atoms with van der Waals surface area (Å²) < 4.78 is 0. The van der Waals surface area contributed by atoms with E-state index in [0.29, 0.717) is 23.4 Å². The number of hydrogen-bond donors (Lipinski definition) is 2. The molecule has 0 radical (unpaired) electrons. The summed E-state index contributed by atoms with van der Waals surface area (Å²) in [4.78, 5) is 46.2. The minimum Gasteiger partial charge on any atom is -0.318 e. The molecule has 7 heteroatoms. The van der Waals surface area contributed by atoms with Crippen LogP contribution in [0.1, 0.15) is 70.6 Å². The maximum atomic E-state index is 14.7. The normalized spacial score (nSPS) is 32.1. The Morgan fingerprint density at radius 3 is 1.97 bits per heavy atom. The molecule has 5 fully saturated rings. The van der Waals surface area contributed by atoms with E-state index in [1.807, 2.05) is 52.3 Å². The number of rotatable bonds is 4. The van der Waals surface area contributed by atoms with E-state index in [1.165, 1.54) is 25.7 Å². The summed E-state index contributed by atoms with van der Waals surface area (Å²) in [6.07, 6.45) is 11.9. The van der Waals surface area contributed by atoms with Crippen molar-refractivity contribution in [3.63, 3.8) is 0 Å². The quantitative estimate of drug-likeness (QED) is 0.490. The number of nitrogens with one attached hydrogen (secondary N) is 2. The molecule has 1 unspecified atom stereocenters. The lowest BCUT2D eigenvalue weighted by molar-refractivity contribution is -0.131. The van der Waals surface area contributed by atoms with Gasteiger partial charge in [-0.25, -0.2) is 4.79 Å². The van der Waals surface area contributed by atoms with Crippen LogP contribution in [0, 0.1) is 17.8 Å². The Bertz CT molecular complexity index is 1240. The van der Waals surface area contributed by atoms with Crippen LogP contribution in [-0.4, -0.2) is 35.5 Å². The van der Waals surface area contributed by atoms with Crippen molar-refractivity contribution in [3.8, 4) is 0 Å². The van der Waals surface area contributed by atoms with E-state index in [1.54, 1.807) is 12.1 Å². The third kappa shape index (κ3) is 4.30. The molecule has 2 N–H and O–H groups in total. The first-order valence-corrected chi connectivity index (χ1v) is 14.9. The van der Waals surface area contributed by atoms with Crippen LogP contribution < -0.4 is 20.4 Å². The summed E-state index contributed by atoms with van der Waals surface area (Å²) in [6.45, 7) is 0. The Hall–Kier alpha value is -3.35. The van der Waals surface area contributed by atoms with Crippen molar-refractivity contribution in [2.24, 2.45) is 17.8 Å². The smallest absolute Gasteiger partial charge is 0.318 e. The van der Waals surface area contributed by atoms with Crippen molar-refractivity contribution in [1.29, 1.82) is 0 Å². The van der Waals surface area contributed by atoms with Crippen LogP contribution in [0.5, 0.6) is 0 Å².